The van der Waals surface area contributed by atoms with Gasteiger partial charge in [0.15, 0.2) is 22.3 Å². The first-order valence-corrected chi connectivity index (χ1v) is 8.40. The summed E-state index contributed by atoms with van der Waals surface area (Å²) in [6, 6.07) is 9.17. The Morgan fingerprint density at radius 1 is 1.20 bits per heavy atom. The van der Waals surface area contributed by atoms with Crippen LogP contribution >= 0.6 is 11.3 Å². The molecule has 0 radical (unpaired) electrons. The minimum atomic E-state index is -0.146. The molecule has 0 aliphatic heterocycles. The fraction of sp³-hybridized carbons (Fsp3) is 0.235. The maximum atomic E-state index is 12.2. The average Bonchev–Trinajstić information content (AvgIpc) is 3.30. The lowest BCUT2D eigenvalue weighted by Crippen LogP contribution is -2.12. The van der Waals surface area contributed by atoms with Crippen LogP contribution in [0.3, 0.4) is 0 Å². The summed E-state index contributed by atoms with van der Waals surface area (Å²) in [4.78, 5) is 12.2. The highest BCUT2D eigenvalue weighted by Crippen LogP contribution is 2.31. The summed E-state index contributed by atoms with van der Waals surface area (Å²) in [6.07, 6.45) is 2.38. The van der Waals surface area contributed by atoms with Gasteiger partial charge >= 0.3 is 0 Å². The van der Waals surface area contributed by atoms with Gasteiger partial charge in [-0.05, 0) is 30.2 Å². The number of nitrogens with zero attached hydrogens (tertiary/aromatic N) is 2. The zero-order chi connectivity index (χ0) is 17.6. The van der Waals surface area contributed by atoms with Crippen molar-refractivity contribution in [3.05, 3.63) is 42.2 Å². The lowest BCUT2D eigenvalue weighted by Gasteiger charge is -2.12. The molecule has 0 unspecified atom stereocenters. The van der Waals surface area contributed by atoms with Gasteiger partial charge in [-0.25, -0.2) is 0 Å². The van der Waals surface area contributed by atoms with Gasteiger partial charge in [-0.15, -0.1) is 10.2 Å². The van der Waals surface area contributed by atoms with Gasteiger partial charge in [0, 0.05) is 6.42 Å². The third-order valence-corrected chi connectivity index (χ3v) is 4.36. The van der Waals surface area contributed by atoms with E-state index in [1.165, 1.54) is 11.3 Å². The van der Waals surface area contributed by atoms with Gasteiger partial charge < -0.3 is 19.2 Å². The number of hydrogen-bond donors (Lipinski definition) is 1. The van der Waals surface area contributed by atoms with Gasteiger partial charge in [-0.1, -0.05) is 23.5 Å². The summed E-state index contributed by atoms with van der Waals surface area (Å²) >= 11 is 1.26. The van der Waals surface area contributed by atoms with Crippen molar-refractivity contribution in [1.82, 2.24) is 10.2 Å². The number of anilines is 1. The predicted octanol–water partition coefficient (Wildman–Crippen LogP) is 3.39. The average molecular weight is 359 g/mol. The fourth-order valence-electron chi connectivity index (χ4n) is 2.35. The maximum Gasteiger partial charge on any atom is 0.226 e. The monoisotopic (exact) mass is 359 g/mol. The summed E-state index contributed by atoms with van der Waals surface area (Å²) in [5, 5.41) is 11.8. The molecule has 0 saturated carbocycles. The fourth-order valence-corrected chi connectivity index (χ4v) is 3.08. The van der Waals surface area contributed by atoms with E-state index in [-0.39, 0.29) is 5.91 Å². The van der Waals surface area contributed by atoms with Crippen LogP contribution in [0.5, 0.6) is 11.5 Å². The normalized spacial score (nSPS) is 10.5. The molecule has 0 spiro atoms. The molecule has 0 aliphatic rings. The molecular weight excluding hydrogens is 342 g/mol. The van der Waals surface area contributed by atoms with Crippen molar-refractivity contribution in [2.75, 3.05) is 19.5 Å². The van der Waals surface area contributed by atoms with E-state index in [0.29, 0.717) is 40.2 Å². The second kappa shape index (κ2) is 7.80. The molecule has 3 aromatic rings. The van der Waals surface area contributed by atoms with Crippen LogP contribution < -0.4 is 14.8 Å². The largest absolute Gasteiger partial charge is 0.493 e. The highest BCUT2D eigenvalue weighted by atomic mass is 32.1. The van der Waals surface area contributed by atoms with E-state index in [0.717, 1.165) is 5.56 Å². The first-order chi connectivity index (χ1) is 12.2. The van der Waals surface area contributed by atoms with E-state index in [4.69, 9.17) is 13.9 Å². The van der Waals surface area contributed by atoms with Crippen molar-refractivity contribution < 1.29 is 18.7 Å². The highest BCUT2D eigenvalue weighted by molar-refractivity contribution is 7.18. The quantitative estimate of drug-likeness (QED) is 0.696. The Labute approximate surface area is 148 Å². The summed E-state index contributed by atoms with van der Waals surface area (Å²) in [7, 11) is 3.17. The van der Waals surface area contributed by atoms with E-state index in [1.54, 1.807) is 32.6 Å². The number of ether oxygens (including phenoxy) is 2. The summed E-state index contributed by atoms with van der Waals surface area (Å²) in [5.41, 5.74) is 0.908. The molecule has 0 saturated heterocycles. The van der Waals surface area contributed by atoms with Gasteiger partial charge in [0.2, 0.25) is 11.0 Å². The number of amides is 1. The Kier molecular flexibility index (Phi) is 5.30. The smallest absolute Gasteiger partial charge is 0.226 e. The molecule has 2 aromatic heterocycles. The van der Waals surface area contributed by atoms with Gasteiger partial charge in [-0.2, -0.15) is 0 Å². The van der Waals surface area contributed by atoms with E-state index < -0.39 is 0 Å². The Morgan fingerprint density at radius 2 is 2.08 bits per heavy atom. The van der Waals surface area contributed by atoms with Crippen molar-refractivity contribution in [1.29, 1.82) is 0 Å². The third-order valence-electron chi connectivity index (χ3n) is 3.51. The second-order valence-corrected chi connectivity index (χ2v) is 6.07. The molecule has 25 heavy (non-hydrogen) atoms. The first-order valence-electron chi connectivity index (χ1n) is 7.58. The maximum absolute atomic E-state index is 12.2. The molecule has 0 atom stereocenters. The third kappa shape index (κ3) is 3.97. The number of carbonyl (C=O) groups excluding carboxylic acids is 1. The number of carbonyl (C=O) groups is 1. The molecule has 8 heteroatoms. The molecule has 1 amide bonds. The van der Waals surface area contributed by atoms with Crippen molar-refractivity contribution in [2.45, 2.75) is 12.8 Å². The lowest BCUT2D eigenvalue weighted by molar-refractivity contribution is -0.116. The molecule has 0 fully saturated rings. The van der Waals surface area contributed by atoms with Crippen molar-refractivity contribution in [2.24, 2.45) is 0 Å². The minimum absolute atomic E-state index is 0.146. The Bertz CT molecular complexity index is 845. The Balaban J connectivity index is 1.60. The van der Waals surface area contributed by atoms with Gasteiger partial charge in [0.05, 0.1) is 20.5 Å². The molecule has 0 bridgehead atoms. The van der Waals surface area contributed by atoms with Crippen LogP contribution in [-0.2, 0) is 11.2 Å². The van der Waals surface area contributed by atoms with E-state index in [2.05, 4.69) is 15.5 Å². The van der Waals surface area contributed by atoms with Crippen LogP contribution in [0.4, 0.5) is 5.13 Å². The molecule has 7 nitrogen and oxygen atoms in total. The summed E-state index contributed by atoms with van der Waals surface area (Å²) in [6.45, 7) is 0. The second-order valence-electron chi connectivity index (χ2n) is 5.09. The zero-order valence-corrected chi connectivity index (χ0v) is 14.6. The molecule has 1 aromatic carbocycles. The zero-order valence-electron chi connectivity index (χ0n) is 13.8. The number of nitrogens with one attached hydrogen (secondary N) is 1. The molecule has 130 valence electrons. The highest BCUT2D eigenvalue weighted by Gasteiger charge is 2.14. The molecule has 3 rings (SSSR count). The van der Waals surface area contributed by atoms with Crippen LogP contribution in [-0.4, -0.2) is 30.3 Å². The molecular formula is C17H17N3O4S. The lowest BCUT2D eigenvalue weighted by atomic mass is 10.1. The SMILES string of the molecule is COc1cccc(CCC(=O)Nc2nnc(-c3ccco3)s2)c1OC. The van der Waals surface area contributed by atoms with E-state index in [1.807, 2.05) is 18.2 Å². The van der Waals surface area contributed by atoms with E-state index in [9.17, 15) is 4.79 Å². The molecule has 0 aliphatic carbocycles. The number of aryl methyl sites for hydroxylation is 1. The molecule has 2 heterocycles. The first kappa shape index (κ1) is 17.0. The summed E-state index contributed by atoms with van der Waals surface area (Å²) < 4.78 is 15.9. The number of hydrogen-bond acceptors (Lipinski definition) is 7. The summed E-state index contributed by atoms with van der Waals surface area (Å²) in [5.74, 6) is 1.77. The van der Waals surface area contributed by atoms with E-state index >= 15 is 0 Å². The predicted molar refractivity (Wildman–Crippen MR) is 94.1 cm³/mol. The number of benzene rings is 1. The number of para-hydroxylation sites is 1. The van der Waals surface area contributed by atoms with Crippen LogP contribution in [0.1, 0.15) is 12.0 Å². The minimum Gasteiger partial charge on any atom is -0.493 e. The van der Waals surface area contributed by atoms with Crippen LogP contribution in [0.2, 0.25) is 0 Å². The van der Waals surface area contributed by atoms with Crippen molar-refractivity contribution in [3.8, 4) is 22.3 Å². The van der Waals surface area contributed by atoms with Crippen LogP contribution in [0.25, 0.3) is 10.8 Å². The van der Waals surface area contributed by atoms with Crippen molar-refractivity contribution >= 4 is 22.4 Å². The van der Waals surface area contributed by atoms with Crippen molar-refractivity contribution in [3.63, 3.8) is 0 Å². The van der Waals surface area contributed by atoms with Crippen LogP contribution in [0, 0.1) is 0 Å². The molecule has 1 N–H and O–H groups in total. The number of furan rings is 1. The van der Waals surface area contributed by atoms with Gasteiger partial charge in [-0.3, -0.25) is 4.79 Å². The number of methoxy groups -OCH3 is 2. The standard InChI is InChI=1S/C17H17N3O4S/c1-22-12-6-3-5-11(15(12)23-2)8-9-14(21)18-17-20-19-16(25-17)13-7-4-10-24-13/h3-7,10H,8-9H2,1-2H3,(H,18,20,21). The van der Waals surface area contributed by atoms with Crippen LogP contribution in [0.15, 0.2) is 41.0 Å². The van der Waals surface area contributed by atoms with Gasteiger partial charge in [0.1, 0.15) is 0 Å². The Morgan fingerprint density at radius 3 is 2.80 bits per heavy atom. The number of rotatable bonds is 7. The van der Waals surface area contributed by atoms with Gasteiger partial charge in [0.25, 0.3) is 0 Å². The topological polar surface area (TPSA) is 86.5 Å². The number of aromatic nitrogens is 2. The Hall–Kier alpha value is -2.87.